The summed E-state index contributed by atoms with van der Waals surface area (Å²) in [6.07, 6.45) is 3.99. The number of rotatable bonds is 1. The van der Waals surface area contributed by atoms with Crippen molar-refractivity contribution in [3.8, 4) is 0 Å². The molecular weight excluding hydrogens is 230 g/mol. The van der Waals surface area contributed by atoms with Gasteiger partial charge in [-0.2, -0.15) is 0 Å². The van der Waals surface area contributed by atoms with Gasteiger partial charge in [-0.05, 0) is 29.9 Å². The maximum Gasteiger partial charge on any atom is 0.131 e. The molecule has 1 saturated heterocycles. The molecule has 1 aliphatic heterocycles. The number of hydrogen-bond acceptors (Lipinski definition) is 2. The summed E-state index contributed by atoms with van der Waals surface area (Å²) in [5.74, 6) is 0.586. The molecule has 2 rings (SSSR count). The number of allylic oxidation sites excluding steroid dienone is 2. The summed E-state index contributed by atoms with van der Waals surface area (Å²) in [7, 11) is 0. The molecule has 2 nitrogen and oxygen atoms in total. The Morgan fingerprint density at radius 2 is 2.46 bits per heavy atom. The number of fused-ring (bicyclic) bond motifs is 1. The predicted octanol–water partition coefficient (Wildman–Crippen LogP) is 1.91. The highest BCUT2D eigenvalue weighted by molar-refractivity contribution is 9.11. The molecule has 2 aliphatic rings. The Morgan fingerprint density at radius 1 is 1.69 bits per heavy atom. The molecule has 72 valence electrons. The molecule has 2 N–H and O–H groups in total. The van der Waals surface area contributed by atoms with Crippen molar-refractivity contribution in [1.29, 1.82) is 0 Å². The standard InChI is InChI=1S/C10H14BrNO/c1-2-6-3-7-8(9(11)4-6)5-12-10(7)13/h3,6,10,12-13H,2,4-5H2,1H3. The summed E-state index contributed by atoms with van der Waals surface area (Å²) >= 11 is 3.59. The lowest BCUT2D eigenvalue weighted by Gasteiger charge is -2.19. The van der Waals surface area contributed by atoms with Gasteiger partial charge in [-0.1, -0.05) is 28.9 Å². The fraction of sp³-hybridized carbons (Fsp3) is 0.600. The lowest BCUT2D eigenvalue weighted by molar-refractivity contribution is 0.194. The van der Waals surface area contributed by atoms with Gasteiger partial charge in [-0.25, -0.2) is 0 Å². The van der Waals surface area contributed by atoms with E-state index in [0.29, 0.717) is 5.92 Å². The Morgan fingerprint density at radius 3 is 3.15 bits per heavy atom. The van der Waals surface area contributed by atoms with Gasteiger partial charge in [-0.3, -0.25) is 5.32 Å². The smallest absolute Gasteiger partial charge is 0.131 e. The molecule has 0 aromatic heterocycles. The highest BCUT2D eigenvalue weighted by Gasteiger charge is 2.29. The maximum atomic E-state index is 9.62. The van der Waals surface area contributed by atoms with Gasteiger partial charge in [0.05, 0.1) is 0 Å². The second kappa shape index (κ2) is 3.56. The zero-order valence-electron chi connectivity index (χ0n) is 7.68. The summed E-state index contributed by atoms with van der Waals surface area (Å²) < 4.78 is 1.26. The van der Waals surface area contributed by atoms with Crippen LogP contribution in [0, 0.1) is 5.92 Å². The SMILES string of the molecule is CCC1C=C2C(=C(Br)C1)CNC2O. The molecule has 1 heterocycles. The average molecular weight is 244 g/mol. The Balaban J connectivity index is 2.32. The van der Waals surface area contributed by atoms with Crippen LogP contribution in [0.4, 0.5) is 0 Å². The molecule has 0 aromatic rings. The highest BCUT2D eigenvalue weighted by Crippen LogP contribution is 2.37. The number of aliphatic hydroxyl groups is 1. The first-order valence-corrected chi connectivity index (χ1v) is 5.52. The normalized spacial score (nSPS) is 33.3. The lowest BCUT2D eigenvalue weighted by atomic mass is 9.90. The summed E-state index contributed by atoms with van der Waals surface area (Å²) in [6.45, 7) is 2.98. The van der Waals surface area contributed by atoms with Gasteiger partial charge >= 0.3 is 0 Å². The summed E-state index contributed by atoms with van der Waals surface area (Å²) in [4.78, 5) is 0. The molecule has 13 heavy (non-hydrogen) atoms. The average Bonchev–Trinajstić information content (AvgIpc) is 2.48. The van der Waals surface area contributed by atoms with Crippen LogP contribution in [0.25, 0.3) is 0 Å². The van der Waals surface area contributed by atoms with E-state index in [1.165, 1.54) is 10.1 Å². The van der Waals surface area contributed by atoms with E-state index in [9.17, 15) is 5.11 Å². The van der Waals surface area contributed by atoms with Crippen molar-refractivity contribution in [1.82, 2.24) is 5.32 Å². The van der Waals surface area contributed by atoms with Crippen molar-refractivity contribution >= 4 is 15.9 Å². The van der Waals surface area contributed by atoms with E-state index >= 15 is 0 Å². The molecule has 2 unspecified atom stereocenters. The minimum atomic E-state index is -0.447. The number of aliphatic hydroxyl groups excluding tert-OH is 1. The minimum absolute atomic E-state index is 0.447. The molecule has 0 amide bonds. The van der Waals surface area contributed by atoms with Crippen LogP contribution in [0.15, 0.2) is 21.7 Å². The van der Waals surface area contributed by atoms with Crippen LogP contribution in [0.2, 0.25) is 0 Å². The third kappa shape index (κ3) is 1.60. The van der Waals surface area contributed by atoms with Crippen molar-refractivity contribution < 1.29 is 5.11 Å². The van der Waals surface area contributed by atoms with E-state index in [0.717, 1.165) is 25.0 Å². The van der Waals surface area contributed by atoms with Crippen LogP contribution in [0.1, 0.15) is 19.8 Å². The highest BCUT2D eigenvalue weighted by atomic mass is 79.9. The second-order valence-corrected chi connectivity index (χ2v) is 4.62. The van der Waals surface area contributed by atoms with Crippen LogP contribution in [0.3, 0.4) is 0 Å². The summed E-state index contributed by atoms with van der Waals surface area (Å²) in [6, 6.07) is 0. The van der Waals surface area contributed by atoms with Gasteiger partial charge < -0.3 is 5.11 Å². The van der Waals surface area contributed by atoms with Crippen molar-refractivity contribution in [3.63, 3.8) is 0 Å². The second-order valence-electron chi connectivity index (χ2n) is 3.66. The molecule has 0 saturated carbocycles. The van der Waals surface area contributed by atoms with E-state index in [1.807, 2.05) is 0 Å². The Bertz CT molecular complexity index is 283. The fourth-order valence-electron chi connectivity index (χ4n) is 1.95. The van der Waals surface area contributed by atoms with E-state index in [2.05, 4.69) is 34.2 Å². The number of nitrogens with one attached hydrogen (secondary N) is 1. The Kier molecular flexibility index (Phi) is 2.58. The third-order valence-corrected chi connectivity index (χ3v) is 3.63. The summed E-state index contributed by atoms with van der Waals surface area (Å²) in [5.41, 5.74) is 2.35. The number of hydrogen-bond donors (Lipinski definition) is 2. The van der Waals surface area contributed by atoms with Crippen LogP contribution < -0.4 is 5.32 Å². The van der Waals surface area contributed by atoms with E-state index in [-0.39, 0.29) is 0 Å². The van der Waals surface area contributed by atoms with Crippen LogP contribution in [-0.2, 0) is 0 Å². The van der Waals surface area contributed by atoms with Gasteiger partial charge in [-0.15, -0.1) is 0 Å². The first kappa shape index (κ1) is 9.44. The van der Waals surface area contributed by atoms with Crippen LogP contribution in [-0.4, -0.2) is 17.9 Å². The van der Waals surface area contributed by atoms with Crippen LogP contribution >= 0.6 is 15.9 Å². The van der Waals surface area contributed by atoms with Crippen molar-refractivity contribution in [3.05, 3.63) is 21.7 Å². The Labute approximate surface area is 86.8 Å². The zero-order chi connectivity index (χ0) is 9.42. The molecule has 3 heteroatoms. The third-order valence-electron chi connectivity index (χ3n) is 2.82. The Hall–Kier alpha value is -0.120. The van der Waals surface area contributed by atoms with Gasteiger partial charge in [0.15, 0.2) is 0 Å². The van der Waals surface area contributed by atoms with E-state index in [4.69, 9.17) is 0 Å². The minimum Gasteiger partial charge on any atom is -0.374 e. The van der Waals surface area contributed by atoms with Gasteiger partial charge in [0, 0.05) is 11.0 Å². The lowest BCUT2D eigenvalue weighted by Crippen LogP contribution is -2.21. The molecule has 1 fully saturated rings. The monoisotopic (exact) mass is 243 g/mol. The van der Waals surface area contributed by atoms with Gasteiger partial charge in [0.25, 0.3) is 0 Å². The largest absolute Gasteiger partial charge is 0.374 e. The molecule has 0 radical (unpaired) electrons. The van der Waals surface area contributed by atoms with E-state index in [1.54, 1.807) is 0 Å². The molecule has 0 aromatic carbocycles. The van der Waals surface area contributed by atoms with Crippen molar-refractivity contribution in [2.24, 2.45) is 5.92 Å². The first-order valence-electron chi connectivity index (χ1n) is 4.73. The van der Waals surface area contributed by atoms with E-state index < -0.39 is 6.23 Å². The van der Waals surface area contributed by atoms with Gasteiger partial charge in [0.2, 0.25) is 0 Å². The number of halogens is 1. The molecular formula is C10H14BrNO. The van der Waals surface area contributed by atoms with Crippen molar-refractivity contribution in [2.75, 3.05) is 6.54 Å². The zero-order valence-corrected chi connectivity index (χ0v) is 9.26. The molecule has 2 atom stereocenters. The molecule has 0 spiro atoms. The fourth-order valence-corrected chi connectivity index (χ4v) is 2.73. The molecule has 1 aliphatic carbocycles. The van der Waals surface area contributed by atoms with Gasteiger partial charge in [0.1, 0.15) is 6.23 Å². The maximum absolute atomic E-state index is 9.62. The van der Waals surface area contributed by atoms with Crippen molar-refractivity contribution in [2.45, 2.75) is 26.0 Å². The summed E-state index contributed by atoms with van der Waals surface area (Å²) in [5, 5.41) is 12.7. The predicted molar refractivity (Wildman–Crippen MR) is 56.4 cm³/mol. The topological polar surface area (TPSA) is 32.3 Å². The molecule has 0 bridgehead atoms. The van der Waals surface area contributed by atoms with Crippen LogP contribution in [0.5, 0.6) is 0 Å². The quantitative estimate of drug-likeness (QED) is 0.738. The first-order chi connectivity index (χ1) is 6.22.